The molecule has 1 aromatic heterocycles. The van der Waals surface area contributed by atoms with E-state index in [9.17, 15) is 0 Å². The summed E-state index contributed by atoms with van der Waals surface area (Å²) < 4.78 is 0. The van der Waals surface area contributed by atoms with Crippen LogP contribution in [0.25, 0.3) is 0 Å². The van der Waals surface area contributed by atoms with Gasteiger partial charge in [0.2, 0.25) is 0 Å². The lowest BCUT2D eigenvalue weighted by Gasteiger charge is -2.35. The van der Waals surface area contributed by atoms with Crippen LogP contribution in [0.5, 0.6) is 0 Å². The monoisotopic (exact) mass is 244 g/mol. The first kappa shape index (κ1) is 13.5. The van der Waals surface area contributed by atoms with Gasteiger partial charge in [0.15, 0.2) is 0 Å². The molecule has 1 aliphatic heterocycles. The molecule has 1 aromatic rings. The van der Waals surface area contributed by atoms with Crippen LogP contribution >= 0.6 is 12.4 Å². The number of hydrogen-bond donors (Lipinski definition) is 2. The number of hydrogen-bond acceptors (Lipinski definition) is 3. The quantitative estimate of drug-likeness (QED) is 0.842. The van der Waals surface area contributed by atoms with Gasteiger partial charge in [0.1, 0.15) is 0 Å². The molecule has 1 unspecified atom stereocenters. The molecule has 1 aliphatic rings. The zero-order chi connectivity index (χ0) is 10.5. The molecule has 1 atom stereocenters. The van der Waals surface area contributed by atoms with E-state index in [0.717, 1.165) is 26.2 Å². The van der Waals surface area contributed by atoms with Crippen LogP contribution in [0.2, 0.25) is 0 Å². The number of rotatable bonds is 4. The summed E-state index contributed by atoms with van der Waals surface area (Å²) in [6.45, 7) is 6.63. The van der Waals surface area contributed by atoms with Crippen molar-refractivity contribution >= 4 is 12.4 Å². The SMILES string of the molecule is CCCC1CNCCN1Cc1ccn[nH]1.Cl. The first-order valence-corrected chi connectivity index (χ1v) is 5.83. The maximum atomic E-state index is 3.99. The lowest BCUT2D eigenvalue weighted by molar-refractivity contribution is 0.142. The predicted octanol–water partition coefficient (Wildman–Crippen LogP) is 1.41. The summed E-state index contributed by atoms with van der Waals surface area (Å²) in [7, 11) is 0. The van der Waals surface area contributed by atoms with Gasteiger partial charge in [0.25, 0.3) is 0 Å². The molecule has 1 fully saturated rings. The zero-order valence-electron chi connectivity index (χ0n) is 9.78. The third kappa shape index (κ3) is 3.47. The van der Waals surface area contributed by atoms with Crippen LogP contribution in [-0.2, 0) is 6.54 Å². The van der Waals surface area contributed by atoms with Gasteiger partial charge in [-0.2, -0.15) is 5.10 Å². The van der Waals surface area contributed by atoms with Crippen LogP contribution < -0.4 is 5.32 Å². The second kappa shape index (κ2) is 6.89. The lowest BCUT2D eigenvalue weighted by atomic mass is 10.1. The van der Waals surface area contributed by atoms with Crippen molar-refractivity contribution in [1.82, 2.24) is 20.4 Å². The van der Waals surface area contributed by atoms with Crippen molar-refractivity contribution in [3.8, 4) is 0 Å². The van der Waals surface area contributed by atoms with Crippen LogP contribution in [0.4, 0.5) is 0 Å². The van der Waals surface area contributed by atoms with Crippen LogP contribution in [0, 0.1) is 0 Å². The number of aromatic amines is 1. The van der Waals surface area contributed by atoms with E-state index in [1.807, 2.05) is 6.20 Å². The fourth-order valence-corrected chi connectivity index (χ4v) is 2.22. The molecule has 92 valence electrons. The maximum absolute atomic E-state index is 3.99. The van der Waals surface area contributed by atoms with E-state index in [4.69, 9.17) is 0 Å². The number of halogens is 1. The van der Waals surface area contributed by atoms with Gasteiger partial charge in [-0.15, -0.1) is 12.4 Å². The first-order chi connectivity index (χ1) is 7.40. The van der Waals surface area contributed by atoms with Crippen LogP contribution in [0.15, 0.2) is 12.3 Å². The predicted molar refractivity (Wildman–Crippen MR) is 67.8 cm³/mol. The van der Waals surface area contributed by atoms with E-state index < -0.39 is 0 Å². The second-order valence-corrected chi connectivity index (χ2v) is 4.20. The summed E-state index contributed by atoms with van der Waals surface area (Å²) >= 11 is 0. The topological polar surface area (TPSA) is 44.0 Å². The number of H-pyrrole nitrogens is 1. The third-order valence-electron chi connectivity index (χ3n) is 3.03. The zero-order valence-corrected chi connectivity index (χ0v) is 10.6. The summed E-state index contributed by atoms with van der Waals surface area (Å²) in [5.74, 6) is 0. The molecule has 1 saturated heterocycles. The molecule has 0 saturated carbocycles. The van der Waals surface area contributed by atoms with Crippen LogP contribution in [0.3, 0.4) is 0 Å². The highest BCUT2D eigenvalue weighted by Gasteiger charge is 2.21. The Kier molecular flexibility index (Phi) is 5.80. The number of nitrogens with zero attached hydrogens (tertiary/aromatic N) is 2. The van der Waals surface area contributed by atoms with Crippen LogP contribution in [0.1, 0.15) is 25.5 Å². The summed E-state index contributed by atoms with van der Waals surface area (Å²) in [4.78, 5) is 2.55. The van der Waals surface area contributed by atoms with Gasteiger partial charge in [0, 0.05) is 44.1 Å². The largest absolute Gasteiger partial charge is 0.314 e. The highest BCUT2D eigenvalue weighted by Crippen LogP contribution is 2.12. The molecule has 0 aliphatic carbocycles. The minimum absolute atomic E-state index is 0. The van der Waals surface area contributed by atoms with E-state index >= 15 is 0 Å². The van der Waals surface area contributed by atoms with Gasteiger partial charge >= 0.3 is 0 Å². The van der Waals surface area contributed by atoms with Gasteiger partial charge in [-0.3, -0.25) is 10.00 Å². The van der Waals surface area contributed by atoms with Crippen molar-refractivity contribution in [2.24, 2.45) is 0 Å². The third-order valence-corrected chi connectivity index (χ3v) is 3.03. The van der Waals surface area contributed by atoms with Crippen molar-refractivity contribution in [2.45, 2.75) is 32.4 Å². The number of piperazine rings is 1. The molecule has 4 nitrogen and oxygen atoms in total. The summed E-state index contributed by atoms with van der Waals surface area (Å²) in [5, 5.41) is 10.5. The van der Waals surface area contributed by atoms with Gasteiger partial charge in [-0.05, 0) is 12.5 Å². The Balaban J connectivity index is 0.00000128. The van der Waals surface area contributed by atoms with E-state index in [1.165, 1.54) is 18.5 Å². The molecule has 5 heteroatoms. The molecule has 2 heterocycles. The van der Waals surface area contributed by atoms with Gasteiger partial charge in [-0.1, -0.05) is 13.3 Å². The Labute approximate surface area is 103 Å². The van der Waals surface area contributed by atoms with Crippen molar-refractivity contribution in [3.05, 3.63) is 18.0 Å². The van der Waals surface area contributed by atoms with Crippen molar-refractivity contribution < 1.29 is 0 Å². The lowest BCUT2D eigenvalue weighted by Crippen LogP contribution is -2.50. The second-order valence-electron chi connectivity index (χ2n) is 4.20. The number of aromatic nitrogens is 2. The molecule has 2 rings (SSSR count). The highest BCUT2D eigenvalue weighted by molar-refractivity contribution is 5.85. The van der Waals surface area contributed by atoms with Gasteiger partial charge in [0.05, 0.1) is 0 Å². The average Bonchev–Trinajstić information content (AvgIpc) is 2.74. The van der Waals surface area contributed by atoms with E-state index in [1.54, 1.807) is 0 Å². The smallest absolute Gasteiger partial charge is 0.0492 e. The molecule has 0 bridgehead atoms. The van der Waals surface area contributed by atoms with Crippen LogP contribution in [-0.4, -0.2) is 40.8 Å². The van der Waals surface area contributed by atoms with Gasteiger partial charge in [-0.25, -0.2) is 0 Å². The molecular weight excluding hydrogens is 224 g/mol. The number of nitrogens with one attached hydrogen (secondary N) is 2. The Morgan fingerprint density at radius 2 is 2.44 bits per heavy atom. The highest BCUT2D eigenvalue weighted by atomic mass is 35.5. The Morgan fingerprint density at radius 1 is 1.56 bits per heavy atom. The summed E-state index contributed by atoms with van der Waals surface area (Å²) in [6.07, 6.45) is 4.36. The summed E-state index contributed by atoms with van der Waals surface area (Å²) in [5.41, 5.74) is 1.22. The maximum Gasteiger partial charge on any atom is 0.0492 e. The van der Waals surface area contributed by atoms with Gasteiger partial charge < -0.3 is 5.32 Å². The fraction of sp³-hybridized carbons (Fsp3) is 0.727. The van der Waals surface area contributed by atoms with Crippen molar-refractivity contribution in [1.29, 1.82) is 0 Å². The van der Waals surface area contributed by atoms with E-state index in [2.05, 4.69) is 33.4 Å². The molecule has 2 N–H and O–H groups in total. The Hall–Kier alpha value is -0.580. The minimum Gasteiger partial charge on any atom is -0.314 e. The molecule has 0 amide bonds. The van der Waals surface area contributed by atoms with E-state index in [0.29, 0.717) is 6.04 Å². The van der Waals surface area contributed by atoms with Crippen molar-refractivity contribution in [3.63, 3.8) is 0 Å². The molecule has 16 heavy (non-hydrogen) atoms. The van der Waals surface area contributed by atoms with E-state index in [-0.39, 0.29) is 12.4 Å². The Bertz CT molecular complexity index is 274. The minimum atomic E-state index is 0. The normalized spacial score (nSPS) is 21.7. The molecule has 0 aromatic carbocycles. The summed E-state index contributed by atoms with van der Waals surface area (Å²) in [6, 6.07) is 2.75. The Morgan fingerprint density at radius 3 is 3.12 bits per heavy atom. The molecule has 0 radical (unpaired) electrons. The average molecular weight is 245 g/mol. The molecule has 0 spiro atoms. The van der Waals surface area contributed by atoms with Crippen molar-refractivity contribution in [2.75, 3.05) is 19.6 Å². The first-order valence-electron chi connectivity index (χ1n) is 5.83. The standard InChI is InChI=1S/C11H20N4.ClH/c1-2-3-11-8-12-6-7-15(11)9-10-4-5-13-14-10;/h4-5,11-12H,2-3,6-9H2,1H3,(H,13,14);1H. The fourth-order valence-electron chi connectivity index (χ4n) is 2.22. The molecular formula is C11H21ClN4.